The average molecular weight is 550 g/mol. The lowest BCUT2D eigenvalue weighted by molar-refractivity contribution is -0.142. The summed E-state index contributed by atoms with van der Waals surface area (Å²) in [6, 6.07) is 17.0. The minimum Gasteiger partial charge on any atom is -0.508 e. The van der Waals surface area contributed by atoms with Gasteiger partial charge in [-0.1, -0.05) is 68.8 Å². The molecule has 0 aliphatic rings. The van der Waals surface area contributed by atoms with Crippen molar-refractivity contribution in [3.8, 4) is 5.75 Å². The molecule has 0 aromatic heterocycles. The molecule has 0 saturated heterocycles. The van der Waals surface area contributed by atoms with E-state index in [9.17, 15) is 24.6 Å². The van der Waals surface area contributed by atoms with Gasteiger partial charge < -0.3 is 30.5 Å². The SMILES string of the molecule is CCC(C)C(NC(=O)OC(C)(C)C)C(=O)N(CCO)C(C(=O)Nc1ccc2ccccc2c1)c1ccccc1O. The molecule has 0 saturated carbocycles. The van der Waals surface area contributed by atoms with Crippen molar-refractivity contribution < 1.29 is 29.3 Å². The number of carbonyl (C=O) groups excluding carboxylic acids is 3. The Hall–Kier alpha value is -4.11. The quantitative estimate of drug-likeness (QED) is 0.282. The lowest BCUT2D eigenvalue weighted by Crippen LogP contribution is -2.55. The summed E-state index contributed by atoms with van der Waals surface area (Å²) in [6.07, 6.45) is -0.223. The second-order valence-corrected chi connectivity index (χ2v) is 10.8. The standard InChI is InChI=1S/C31H39N3O6/c1-6-20(2)26(33-30(39)40-31(3,4)5)29(38)34(17-18-35)27(24-13-9-10-14-25(24)36)28(37)32-23-16-15-21-11-7-8-12-22(21)19-23/h7-16,19-20,26-27,35-36H,6,17-18H2,1-5H3,(H,32,37)(H,33,39). The number of nitrogens with one attached hydrogen (secondary N) is 2. The molecule has 3 aromatic rings. The average Bonchev–Trinajstić information content (AvgIpc) is 2.90. The van der Waals surface area contributed by atoms with Crippen LogP contribution in [0.5, 0.6) is 5.75 Å². The van der Waals surface area contributed by atoms with Crippen LogP contribution in [0.2, 0.25) is 0 Å². The fourth-order valence-corrected chi connectivity index (χ4v) is 4.42. The van der Waals surface area contributed by atoms with Crippen molar-refractivity contribution in [1.29, 1.82) is 0 Å². The molecule has 3 rings (SSSR count). The van der Waals surface area contributed by atoms with Crippen molar-refractivity contribution in [2.75, 3.05) is 18.5 Å². The highest BCUT2D eigenvalue weighted by Gasteiger charge is 2.39. The van der Waals surface area contributed by atoms with Gasteiger partial charge in [0.2, 0.25) is 5.91 Å². The van der Waals surface area contributed by atoms with Gasteiger partial charge in [-0.3, -0.25) is 9.59 Å². The summed E-state index contributed by atoms with van der Waals surface area (Å²) in [5.74, 6) is -1.68. The Labute approximate surface area is 235 Å². The first kappa shape index (κ1) is 30.4. The van der Waals surface area contributed by atoms with Crippen LogP contribution in [0.3, 0.4) is 0 Å². The van der Waals surface area contributed by atoms with E-state index in [1.807, 2.05) is 43.3 Å². The fourth-order valence-electron chi connectivity index (χ4n) is 4.42. The van der Waals surface area contributed by atoms with Crippen molar-refractivity contribution in [1.82, 2.24) is 10.2 Å². The van der Waals surface area contributed by atoms with Crippen molar-refractivity contribution in [2.24, 2.45) is 5.92 Å². The molecule has 3 aromatic carbocycles. The smallest absolute Gasteiger partial charge is 0.408 e. The van der Waals surface area contributed by atoms with Crippen LogP contribution < -0.4 is 10.6 Å². The molecule has 0 heterocycles. The zero-order chi connectivity index (χ0) is 29.4. The van der Waals surface area contributed by atoms with Crippen molar-refractivity contribution in [2.45, 2.75) is 58.7 Å². The van der Waals surface area contributed by atoms with Gasteiger partial charge in [-0.2, -0.15) is 0 Å². The summed E-state index contributed by atoms with van der Waals surface area (Å²) >= 11 is 0. The minimum absolute atomic E-state index is 0.183. The fraction of sp³-hybridized carbons (Fsp3) is 0.387. The number of aromatic hydroxyl groups is 1. The third-order valence-corrected chi connectivity index (χ3v) is 6.58. The van der Waals surface area contributed by atoms with E-state index in [-0.39, 0.29) is 23.8 Å². The van der Waals surface area contributed by atoms with E-state index in [0.717, 1.165) is 10.8 Å². The van der Waals surface area contributed by atoms with Crippen LogP contribution in [0.1, 0.15) is 52.6 Å². The van der Waals surface area contributed by atoms with Crippen LogP contribution in [0.25, 0.3) is 10.8 Å². The van der Waals surface area contributed by atoms with Crippen LogP contribution >= 0.6 is 0 Å². The molecule has 40 heavy (non-hydrogen) atoms. The van der Waals surface area contributed by atoms with Crippen molar-refractivity contribution >= 4 is 34.4 Å². The Bertz CT molecular complexity index is 1340. The Morgan fingerprint density at radius 2 is 1.62 bits per heavy atom. The zero-order valence-corrected chi connectivity index (χ0v) is 23.7. The number of alkyl carbamates (subject to hydrolysis) is 1. The summed E-state index contributed by atoms with van der Waals surface area (Å²) in [7, 11) is 0. The first-order valence-corrected chi connectivity index (χ1v) is 13.4. The van der Waals surface area contributed by atoms with E-state index in [4.69, 9.17) is 4.74 Å². The van der Waals surface area contributed by atoms with E-state index in [1.54, 1.807) is 52.0 Å². The number of anilines is 1. The van der Waals surface area contributed by atoms with Crippen LogP contribution in [-0.4, -0.2) is 57.8 Å². The number of aliphatic hydroxyl groups excluding tert-OH is 1. The number of benzene rings is 3. The third-order valence-electron chi connectivity index (χ3n) is 6.58. The lowest BCUT2D eigenvalue weighted by atomic mass is 9.95. The Kier molecular flexibility index (Phi) is 10.1. The van der Waals surface area contributed by atoms with Gasteiger partial charge in [-0.25, -0.2) is 4.79 Å². The Morgan fingerprint density at radius 1 is 0.975 bits per heavy atom. The maximum absolute atomic E-state index is 14.1. The number of para-hydroxylation sites is 1. The van der Waals surface area contributed by atoms with Gasteiger partial charge in [0, 0.05) is 17.8 Å². The molecule has 4 N–H and O–H groups in total. The van der Waals surface area contributed by atoms with Gasteiger partial charge >= 0.3 is 6.09 Å². The molecule has 0 fully saturated rings. The van der Waals surface area contributed by atoms with Crippen molar-refractivity contribution in [3.05, 3.63) is 72.3 Å². The molecule has 3 amide bonds. The maximum Gasteiger partial charge on any atom is 0.408 e. The van der Waals surface area contributed by atoms with E-state index >= 15 is 0 Å². The molecular weight excluding hydrogens is 510 g/mol. The van der Waals surface area contributed by atoms with Crippen LogP contribution in [0, 0.1) is 5.92 Å². The topological polar surface area (TPSA) is 128 Å². The summed E-state index contributed by atoms with van der Waals surface area (Å²) in [6.45, 7) is 8.18. The molecule has 0 radical (unpaired) electrons. The molecule has 0 bridgehead atoms. The number of hydrogen-bond acceptors (Lipinski definition) is 6. The second kappa shape index (κ2) is 13.3. The van der Waals surface area contributed by atoms with E-state index in [0.29, 0.717) is 12.1 Å². The molecule has 0 aliphatic carbocycles. The zero-order valence-electron chi connectivity index (χ0n) is 23.7. The van der Waals surface area contributed by atoms with Gasteiger partial charge in [0.05, 0.1) is 6.61 Å². The normalized spacial score (nSPS) is 13.7. The number of hydrogen-bond donors (Lipinski definition) is 4. The van der Waals surface area contributed by atoms with Crippen molar-refractivity contribution in [3.63, 3.8) is 0 Å². The summed E-state index contributed by atoms with van der Waals surface area (Å²) in [5, 5.41) is 28.1. The predicted molar refractivity (Wildman–Crippen MR) is 155 cm³/mol. The number of nitrogens with zero attached hydrogens (tertiary/aromatic N) is 1. The van der Waals surface area contributed by atoms with E-state index in [1.165, 1.54) is 11.0 Å². The van der Waals surface area contributed by atoms with Gasteiger partial charge in [-0.15, -0.1) is 0 Å². The monoisotopic (exact) mass is 549 g/mol. The third kappa shape index (κ3) is 7.72. The molecule has 214 valence electrons. The Morgan fingerprint density at radius 3 is 2.25 bits per heavy atom. The van der Waals surface area contributed by atoms with Gasteiger partial charge in [0.15, 0.2) is 0 Å². The first-order chi connectivity index (χ1) is 18.9. The molecule has 9 nitrogen and oxygen atoms in total. The summed E-state index contributed by atoms with van der Waals surface area (Å²) in [5.41, 5.74) is -0.0932. The Balaban J connectivity index is 2.02. The van der Waals surface area contributed by atoms with E-state index in [2.05, 4.69) is 10.6 Å². The highest BCUT2D eigenvalue weighted by molar-refractivity contribution is 6.00. The number of ether oxygens (including phenoxy) is 1. The summed E-state index contributed by atoms with van der Waals surface area (Å²) < 4.78 is 5.39. The van der Waals surface area contributed by atoms with E-state index < -0.39 is 42.2 Å². The maximum atomic E-state index is 14.1. The van der Waals surface area contributed by atoms with Crippen LogP contribution in [-0.2, 0) is 14.3 Å². The first-order valence-electron chi connectivity index (χ1n) is 13.4. The number of rotatable bonds is 10. The number of phenolic OH excluding ortho intramolecular Hbond substituents is 1. The molecule has 0 spiro atoms. The molecule has 3 unspecified atom stereocenters. The highest BCUT2D eigenvalue weighted by atomic mass is 16.6. The van der Waals surface area contributed by atoms with Gasteiger partial charge in [0.1, 0.15) is 23.4 Å². The highest BCUT2D eigenvalue weighted by Crippen LogP contribution is 2.31. The molecule has 0 aliphatic heterocycles. The largest absolute Gasteiger partial charge is 0.508 e. The minimum atomic E-state index is -1.31. The molecular formula is C31H39N3O6. The van der Waals surface area contributed by atoms with Gasteiger partial charge in [-0.05, 0) is 55.7 Å². The summed E-state index contributed by atoms with van der Waals surface area (Å²) in [4.78, 5) is 41.8. The number of aliphatic hydroxyl groups is 1. The lowest BCUT2D eigenvalue weighted by Gasteiger charge is -2.35. The molecule has 9 heteroatoms. The van der Waals surface area contributed by atoms with Gasteiger partial charge in [0.25, 0.3) is 5.91 Å². The van der Waals surface area contributed by atoms with Crippen LogP contribution in [0.15, 0.2) is 66.7 Å². The second-order valence-electron chi connectivity index (χ2n) is 10.8. The number of fused-ring (bicyclic) bond motifs is 1. The number of carbonyl (C=O) groups is 3. The van der Waals surface area contributed by atoms with Crippen LogP contribution in [0.4, 0.5) is 10.5 Å². The number of phenols is 1. The predicted octanol–water partition coefficient (Wildman–Crippen LogP) is 4.99. The molecule has 3 atom stereocenters. The number of amides is 3.